The third-order valence-electron chi connectivity index (χ3n) is 5.89. The molecule has 0 aliphatic rings. The highest BCUT2D eigenvalue weighted by Gasteiger charge is 2.36. The monoisotopic (exact) mass is 533 g/mol. The van der Waals surface area contributed by atoms with Gasteiger partial charge in [-0.1, -0.05) is 24.3 Å². The van der Waals surface area contributed by atoms with Crippen LogP contribution in [0.2, 0.25) is 0 Å². The fourth-order valence-electron chi connectivity index (χ4n) is 4.19. The Morgan fingerprint density at radius 3 is 2.33 bits per heavy atom. The van der Waals surface area contributed by atoms with Crippen LogP contribution in [-0.4, -0.2) is 31.4 Å². The summed E-state index contributed by atoms with van der Waals surface area (Å²) in [6, 6.07) is 16.3. The number of hydrogen-bond acceptors (Lipinski definition) is 5. The number of Topliss-reactive ketones (excluding diaryl/α,β-unsaturated/α-hetero) is 1. The number of amides is 1. The molecular weight excluding hydrogens is 514 g/mol. The van der Waals surface area contributed by atoms with Gasteiger partial charge in [0.25, 0.3) is 5.91 Å². The summed E-state index contributed by atoms with van der Waals surface area (Å²) in [6.07, 6.45) is -2.23. The van der Waals surface area contributed by atoms with Gasteiger partial charge in [0, 0.05) is 29.8 Å². The molecular formula is C28H19F4N5O2. The molecule has 0 unspecified atom stereocenters. The van der Waals surface area contributed by atoms with Crippen molar-refractivity contribution < 1.29 is 27.2 Å². The maximum atomic E-state index is 15.0. The Hall–Kier alpha value is -4.93. The van der Waals surface area contributed by atoms with Crippen LogP contribution in [0.15, 0.2) is 79.1 Å². The lowest BCUT2D eigenvalue weighted by Crippen LogP contribution is -2.18. The molecule has 196 valence electrons. The maximum Gasteiger partial charge on any atom is 0.417 e. The van der Waals surface area contributed by atoms with Crippen molar-refractivity contribution in [3.8, 4) is 17.1 Å². The molecule has 0 atom stereocenters. The molecule has 0 radical (unpaired) electrons. The van der Waals surface area contributed by atoms with Crippen molar-refractivity contribution in [2.24, 2.45) is 0 Å². The van der Waals surface area contributed by atoms with Crippen LogP contribution in [0, 0.1) is 5.82 Å². The van der Waals surface area contributed by atoms with Crippen LogP contribution in [0.5, 0.6) is 0 Å². The minimum atomic E-state index is -4.91. The zero-order valence-corrected chi connectivity index (χ0v) is 20.3. The number of ketones is 1. The van der Waals surface area contributed by atoms with Crippen molar-refractivity contribution in [3.63, 3.8) is 0 Å². The summed E-state index contributed by atoms with van der Waals surface area (Å²) in [7, 11) is 0. The minimum absolute atomic E-state index is 0.0404. The molecule has 1 amide bonds. The average Bonchev–Trinajstić information content (AvgIpc) is 3.26. The summed E-state index contributed by atoms with van der Waals surface area (Å²) in [6.45, 7) is 1.46. The highest BCUT2D eigenvalue weighted by atomic mass is 19.4. The fourth-order valence-corrected chi connectivity index (χ4v) is 4.19. The fraction of sp³-hybridized carbons (Fsp3) is 0.107. The summed E-state index contributed by atoms with van der Waals surface area (Å²) < 4.78 is 57.6. The van der Waals surface area contributed by atoms with Crippen LogP contribution in [0.1, 0.15) is 28.4 Å². The first kappa shape index (κ1) is 25.7. The standard InChI is InChI=1S/C28H19F4N5O2/c1-16(38)12-17-8-9-19-24(13-17)36-37(18-6-3-2-4-7-18)26(19)35-27(39)21-14-20(25-33-10-5-11-34-25)22(15-23(21)29)28(30,31)32/h2-11,13-15H,12H2,1H3,(H,35,39). The van der Waals surface area contributed by atoms with E-state index in [-0.39, 0.29) is 29.9 Å². The van der Waals surface area contributed by atoms with Gasteiger partial charge in [-0.15, -0.1) is 0 Å². The molecule has 0 saturated carbocycles. The van der Waals surface area contributed by atoms with Crippen molar-refractivity contribution >= 4 is 28.4 Å². The summed E-state index contributed by atoms with van der Waals surface area (Å²) in [5, 5.41) is 7.66. The Bertz CT molecular complexity index is 1700. The van der Waals surface area contributed by atoms with E-state index in [9.17, 15) is 22.8 Å². The van der Waals surface area contributed by atoms with Crippen molar-refractivity contribution in [3.05, 3.63) is 102 Å². The van der Waals surface area contributed by atoms with Gasteiger partial charge >= 0.3 is 6.18 Å². The molecule has 7 nitrogen and oxygen atoms in total. The number of hydrogen-bond donors (Lipinski definition) is 1. The van der Waals surface area contributed by atoms with Crippen molar-refractivity contribution in [2.75, 3.05) is 5.32 Å². The van der Waals surface area contributed by atoms with Crippen LogP contribution < -0.4 is 5.32 Å². The molecule has 5 aromatic rings. The third kappa shape index (κ3) is 5.24. The number of alkyl halides is 3. The number of rotatable bonds is 6. The predicted molar refractivity (Wildman–Crippen MR) is 136 cm³/mol. The van der Waals surface area contributed by atoms with Gasteiger partial charge in [-0.2, -0.15) is 18.3 Å². The predicted octanol–water partition coefficient (Wildman–Crippen LogP) is 6.02. The Labute approximate surface area is 219 Å². The van der Waals surface area contributed by atoms with Crippen LogP contribution in [-0.2, 0) is 17.4 Å². The van der Waals surface area contributed by atoms with E-state index in [2.05, 4.69) is 20.4 Å². The Kier molecular flexibility index (Phi) is 6.65. The Morgan fingerprint density at radius 1 is 0.949 bits per heavy atom. The van der Waals surface area contributed by atoms with Crippen LogP contribution in [0.3, 0.4) is 0 Å². The first-order valence-electron chi connectivity index (χ1n) is 11.7. The first-order chi connectivity index (χ1) is 18.6. The number of anilines is 1. The topological polar surface area (TPSA) is 89.8 Å². The van der Waals surface area contributed by atoms with Gasteiger partial charge in [0.2, 0.25) is 0 Å². The molecule has 1 N–H and O–H groups in total. The van der Waals surface area contributed by atoms with Gasteiger partial charge in [0.05, 0.1) is 22.3 Å². The number of aromatic nitrogens is 4. The quantitative estimate of drug-likeness (QED) is 0.270. The molecule has 0 saturated heterocycles. The number of nitrogens with one attached hydrogen (secondary N) is 1. The van der Waals surface area contributed by atoms with Crippen molar-refractivity contribution in [2.45, 2.75) is 19.5 Å². The molecule has 0 bridgehead atoms. The van der Waals surface area contributed by atoms with Crippen molar-refractivity contribution in [1.29, 1.82) is 0 Å². The van der Waals surface area contributed by atoms with Crippen molar-refractivity contribution in [1.82, 2.24) is 19.7 Å². The number of benzene rings is 3. The highest BCUT2D eigenvalue weighted by molar-refractivity contribution is 6.09. The number of carbonyl (C=O) groups is 2. The molecule has 2 aromatic heterocycles. The van der Waals surface area contributed by atoms with Crippen LogP contribution >= 0.6 is 0 Å². The van der Waals surface area contributed by atoms with Gasteiger partial charge < -0.3 is 5.32 Å². The van der Waals surface area contributed by atoms with E-state index in [1.54, 1.807) is 48.5 Å². The lowest BCUT2D eigenvalue weighted by molar-refractivity contribution is -0.137. The second-order valence-corrected chi connectivity index (χ2v) is 8.73. The van der Waals surface area contributed by atoms with Gasteiger partial charge in [-0.25, -0.2) is 19.0 Å². The lowest BCUT2D eigenvalue weighted by Gasteiger charge is -2.15. The van der Waals surface area contributed by atoms with Crippen LogP contribution in [0.4, 0.5) is 23.4 Å². The molecule has 0 fully saturated rings. The zero-order valence-electron chi connectivity index (χ0n) is 20.3. The largest absolute Gasteiger partial charge is 0.417 e. The molecule has 11 heteroatoms. The van der Waals surface area contributed by atoms with Gasteiger partial charge in [-0.05, 0) is 55.0 Å². The normalized spacial score (nSPS) is 11.5. The number of nitrogens with zero attached hydrogens (tertiary/aromatic N) is 4. The van der Waals surface area contributed by atoms with E-state index in [1.165, 1.54) is 30.1 Å². The molecule has 0 aliphatic carbocycles. The summed E-state index contributed by atoms with van der Waals surface area (Å²) in [5.74, 6) is -2.53. The van der Waals surface area contributed by atoms with Gasteiger partial charge in [-0.3, -0.25) is 9.59 Å². The summed E-state index contributed by atoms with van der Waals surface area (Å²) in [5.41, 5.74) is -0.729. The maximum absolute atomic E-state index is 15.0. The number of para-hydroxylation sites is 1. The average molecular weight is 533 g/mol. The van der Waals surface area contributed by atoms with E-state index in [0.717, 1.165) is 6.07 Å². The number of fused-ring (bicyclic) bond motifs is 1. The van der Waals surface area contributed by atoms with E-state index in [1.807, 2.05) is 0 Å². The zero-order chi connectivity index (χ0) is 27.7. The second-order valence-electron chi connectivity index (χ2n) is 8.73. The smallest absolute Gasteiger partial charge is 0.306 e. The lowest BCUT2D eigenvalue weighted by atomic mass is 10.0. The van der Waals surface area contributed by atoms with E-state index in [4.69, 9.17) is 0 Å². The number of halogens is 4. The molecule has 39 heavy (non-hydrogen) atoms. The SMILES string of the molecule is CC(=O)Cc1ccc2c(NC(=O)c3cc(-c4ncccn4)c(C(F)(F)F)cc3F)n(-c3ccccc3)nc2c1. The van der Waals surface area contributed by atoms with Gasteiger partial charge in [0.1, 0.15) is 17.4 Å². The molecule has 2 heterocycles. The third-order valence-corrected chi connectivity index (χ3v) is 5.89. The molecule has 3 aromatic carbocycles. The molecule has 5 rings (SSSR count). The highest BCUT2D eigenvalue weighted by Crippen LogP contribution is 2.38. The molecule has 0 aliphatic heterocycles. The Morgan fingerprint density at radius 2 is 1.67 bits per heavy atom. The second kappa shape index (κ2) is 10.1. The van der Waals surface area contributed by atoms with E-state index in [0.29, 0.717) is 22.2 Å². The molecule has 0 spiro atoms. The minimum Gasteiger partial charge on any atom is -0.306 e. The van der Waals surface area contributed by atoms with E-state index < -0.39 is 34.6 Å². The summed E-state index contributed by atoms with van der Waals surface area (Å²) in [4.78, 5) is 32.7. The van der Waals surface area contributed by atoms with Gasteiger partial charge in [0.15, 0.2) is 5.82 Å². The summed E-state index contributed by atoms with van der Waals surface area (Å²) >= 11 is 0. The first-order valence-corrected chi connectivity index (χ1v) is 11.7. The number of carbonyl (C=O) groups excluding carboxylic acids is 2. The Balaban J connectivity index is 1.62. The van der Waals surface area contributed by atoms with Crippen LogP contribution in [0.25, 0.3) is 28.0 Å². The van der Waals surface area contributed by atoms with E-state index >= 15 is 4.39 Å².